The van der Waals surface area contributed by atoms with Gasteiger partial charge in [0.2, 0.25) is 5.95 Å². The molecular formula is C12H20N5O5Zn+. The number of rotatable bonds is 2. The predicted molar refractivity (Wildman–Crippen MR) is 76.3 cm³/mol. The summed E-state index contributed by atoms with van der Waals surface area (Å²) in [5, 5.41) is 17.8. The summed E-state index contributed by atoms with van der Waals surface area (Å²) in [6.45, 7) is 4.96. The molecule has 23 heavy (non-hydrogen) atoms. The first-order valence-corrected chi connectivity index (χ1v) is 6.06. The van der Waals surface area contributed by atoms with E-state index >= 15 is 0 Å². The number of hydrogen-bond acceptors (Lipinski definition) is 8. The summed E-state index contributed by atoms with van der Waals surface area (Å²) in [6, 6.07) is 0. The summed E-state index contributed by atoms with van der Waals surface area (Å²) < 4.78 is 1.98. The van der Waals surface area contributed by atoms with Crippen LogP contribution in [0.1, 0.15) is 27.2 Å². The van der Waals surface area contributed by atoms with Gasteiger partial charge in [0, 0.05) is 18.5 Å². The Morgan fingerprint density at radius 2 is 1.70 bits per heavy atom. The van der Waals surface area contributed by atoms with Gasteiger partial charge in [0.25, 0.3) is 0 Å². The van der Waals surface area contributed by atoms with Crippen LogP contribution in [-0.2, 0) is 41.1 Å². The van der Waals surface area contributed by atoms with Crippen LogP contribution in [0.3, 0.4) is 0 Å². The molecule has 2 heterocycles. The van der Waals surface area contributed by atoms with Crippen LogP contribution in [0.15, 0.2) is 12.5 Å². The number of nitrogens with two attached hydrogens (primary N) is 1. The van der Waals surface area contributed by atoms with Crippen molar-refractivity contribution in [1.29, 1.82) is 0 Å². The topological polar surface area (TPSA) is 183 Å². The van der Waals surface area contributed by atoms with Gasteiger partial charge in [-0.25, -0.2) is 9.97 Å². The Morgan fingerprint density at radius 1 is 1.22 bits per heavy atom. The molecule has 2 rings (SSSR count). The summed E-state index contributed by atoms with van der Waals surface area (Å²) in [5.41, 5.74) is 7.09. The summed E-state index contributed by atoms with van der Waals surface area (Å²) >= 11 is 0. The fourth-order valence-electron chi connectivity index (χ4n) is 1.27. The number of fused-ring (bicyclic) bond motifs is 1. The van der Waals surface area contributed by atoms with E-state index in [9.17, 15) is 0 Å². The van der Waals surface area contributed by atoms with Crippen molar-refractivity contribution in [3.63, 3.8) is 0 Å². The van der Waals surface area contributed by atoms with Crippen LogP contribution >= 0.6 is 0 Å². The van der Waals surface area contributed by atoms with E-state index in [-0.39, 0.29) is 25.0 Å². The van der Waals surface area contributed by atoms with Crippen molar-refractivity contribution in [2.45, 2.75) is 33.7 Å². The van der Waals surface area contributed by atoms with E-state index in [1.54, 1.807) is 12.5 Å². The fourth-order valence-corrected chi connectivity index (χ4v) is 1.27. The smallest absolute Gasteiger partial charge is 0.550 e. The average molecular weight is 380 g/mol. The average Bonchev–Trinajstić information content (AvgIpc) is 2.71. The maximum absolute atomic E-state index is 8.89. The summed E-state index contributed by atoms with van der Waals surface area (Å²) in [4.78, 5) is 29.9. The van der Waals surface area contributed by atoms with Crippen LogP contribution in [0.25, 0.3) is 11.2 Å². The van der Waals surface area contributed by atoms with Gasteiger partial charge in [-0.3, -0.25) is 0 Å². The molecule has 0 fully saturated rings. The molecule has 0 radical (unpaired) electrons. The van der Waals surface area contributed by atoms with Crippen LogP contribution < -0.4 is 15.9 Å². The second-order valence-electron chi connectivity index (χ2n) is 3.86. The van der Waals surface area contributed by atoms with Gasteiger partial charge in [0.1, 0.15) is 5.52 Å². The minimum atomic E-state index is -1.08. The first-order valence-electron chi connectivity index (χ1n) is 6.06. The SMILES string of the molecule is CC(=O)[O-].CC(=O)[O-].CCCn1cnc2cnc(N)nc21.[OH3+].[Zn+2]. The monoisotopic (exact) mass is 378 g/mol. The molecule has 0 amide bonds. The maximum atomic E-state index is 8.89. The Labute approximate surface area is 145 Å². The first-order chi connectivity index (χ1) is 9.77. The molecule has 0 aromatic carbocycles. The molecule has 2 aromatic heterocycles. The van der Waals surface area contributed by atoms with E-state index in [1.165, 1.54) is 0 Å². The largest absolute Gasteiger partial charge is 2.00 e. The number of imidazole rings is 1. The predicted octanol–water partition coefficient (Wildman–Crippen LogP) is -2.59. The molecule has 0 aliphatic carbocycles. The van der Waals surface area contributed by atoms with Crippen LogP contribution in [0.2, 0.25) is 0 Å². The van der Waals surface area contributed by atoms with Gasteiger partial charge >= 0.3 is 19.5 Å². The number of carboxylic acids is 2. The summed E-state index contributed by atoms with van der Waals surface area (Å²) in [6.07, 6.45) is 4.46. The zero-order valence-corrected chi connectivity index (χ0v) is 16.3. The fraction of sp³-hybridized carbons (Fsp3) is 0.417. The zero-order chi connectivity index (χ0) is 16.4. The Morgan fingerprint density at radius 3 is 2.13 bits per heavy atom. The van der Waals surface area contributed by atoms with Crippen molar-refractivity contribution >= 4 is 29.1 Å². The standard InChI is InChI=1S/C8H11N5.2C2H4O2.H2O.Zn/c1-2-3-13-5-11-6-4-10-8(9)12-7(6)13;2*1-2(3)4;;/h4-5H,2-3H2,1H3,(H2,9,10,12);2*1H3,(H,3,4);1H2;/q;;;;+2/p-1. The molecule has 0 aliphatic heterocycles. The third-order valence-electron chi connectivity index (χ3n) is 1.84. The Hall–Kier alpha value is -2.13. The number of carbonyl (C=O) groups is 2. The molecule has 0 atom stereocenters. The number of nitrogen functional groups attached to an aromatic ring is 1. The van der Waals surface area contributed by atoms with E-state index in [2.05, 4.69) is 21.9 Å². The molecule has 2 aromatic rings. The van der Waals surface area contributed by atoms with Gasteiger partial charge in [-0.05, 0) is 20.3 Å². The third kappa shape index (κ3) is 12.1. The minimum absolute atomic E-state index is 0. The number of nitrogens with zero attached hydrogens (tertiary/aromatic N) is 4. The molecule has 10 nitrogen and oxygen atoms in total. The van der Waals surface area contributed by atoms with Crippen LogP contribution in [0.4, 0.5) is 5.95 Å². The number of anilines is 1. The van der Waals surface area contributed by atoms with E-state index < -0.39 is 11.9 Å². The molecule has 0 spiro atoms. The van der Waals surface area contributed by atoms with Gasteiger partial charge in [-0.1, -0.05) is 6.92 Å². The van der Waals surface area contributed by atoms with Gasteiger partial charge < -0.3 is 35.6 Å². The number of carbonyl (C=O) groups excluding carboxylic acids is 2. The molecule has 124 valence electrons. The number of carboxylic acid groups (broad SMARTS) is 2. The molecule has 0 saturated carbocycles. The van der Waals surface area contributed by atoms with Crippen LogP contribution in [-0.4, -0.2) is 31.5 Å². The maximum Gasteiger partial charge on any atom is 2.00 e. The Bertz CT molecular complexity index is 585. The van der Waals surface area contributed by atoms with Crippen molar-refractivity contribution in [3.05, 3.63) is 12.5 Å². The molecule has 11 heteroatoms. The van der Waals surface area contributed by atoms with E-state index in [1.807, 2.05) is 4.57 Å². The normalized spacial score (nSPS) is 8.30. The molecular weight excluding hydrogens is 360 g/mol. The zero-order valence-electron chi connectivity index (χ0n) is 13.4. The van der Waals surface area contributed by atoms with E-state index in [0.717, 1.165) is 38.0 Å². The summed E-state index contributed by atoms with van der Waals surface area (Å²) in [7, 11) is 0. The molecule has 0 aliphatic rings. The van der Waals surface area contributed by atoms with Crippen molar-refractivity contribution in [1.82, 2.24) is 19.5 Å². The van der Waals surface area contributed by atoms with E-state index in [0.29, 0.717) is 5.95 Å². The minimum Gasteiger partial charge on any atom is -0.550 e. The van der Waals surface area contributed by atoms with Crippen LogP contribution in [0, 0.1) is 0 Å². The number of hydrogen-bond donors (Lipinski definition) is 1. The van der Waals surface area contributed by atoms with Gasteiger partial charge in [-0.2, -0.15) is 4.98 Å². The molecule has 0 unspecified atom stereocenters. The van der Waals surface area contributed by atoms with Crippen molar-refractivity contribution in [3.8, 4) is 0 Å². The first kappa shape index (κ1) is 25.8. The number of aromatic nitrogens is 4. The molecule has 0 saturated heterocycles. The van der Waals surface area contributed by atoms with E-state index in [4.69, 9.17) is 25.5 Å². The number of aryl methyl sites for hydroxylation is 1. The Balaban J connectivity index is -0.000000343. The van der Waals surface area contributed by atoms with Gasteiger partial charge in [0.05, 0.1) is 12.5 Å². The molecule has 5 N–H and O–H groups in total. The number of aliphatic carboxylic acids is 2. The van der Waals surface area contributed by atoms with Gasteiger partial charge in [0.15, 0.2) is 5.65 Å². The second kappa shape index (κ2) is 13.5. The molecule has 0 bridgehead atoms. The van der Waals surface area contributed by atoms with Crippen LogP contribution in [0.5, 0.6) is 0 Å². The Kier molecular flexibility index (Phi) is 15.2. The summed E-state index contributed by atoms with van der Waals surface area (Å²) in [5.74, 6) is -1.87. The van der Waals surface area contributed by atoms with Crippen molar-refractivity contribution in [2.75, 3.05) is 5.73 Å². The van der Waals surface area contributed by atoms with Gasteiger partial charge in [-0.15, -0.1) is 0 Å². The second-order valence-corrected chi connectivity index (χ2v) is 3.86. The quantitative estimate of drug-likeness (QED) is 0.435. The third-order valence-corrected chi connectivity index (χ3v) is 1.84. The van der Waals surface area contributed by atoms with Crippen molar-refractivity contribution < 1.29 is 44.8 Å². The van der Waals surface area contributed by atoms with Crippen molar-refractivity contribution in [2.24, 2.45) is 0 Å².